The highest BCUT2D eigenvalue weighted by Crippen LogP contribution is 2.45. The van der Waals surface area contributed by atoms with E-state index in [1.165, 1.54) is 29.4 Å². The van der Waals surface area contributed by atoms with E-state index < -0.39 is 23.5 Å². The summed E-state index contributed by atoms with van der Waals surface area (Å²) < 4.78 is 12.1. The van der Waals surface area contributed by atoms with Gasteiger partial charge in [-0.3, -0.25) is 19.5 Å². The van der Waals surface area contributed by atoms with Gasteiger partial charge in [0, 0.05) is 22.7 Å². The molecule has 1 aliphatic heterocycles. The van der Waals surface area contributed by atoms with Gasteiger partial charge in [-0.05, 0) is 47.4 Å². The number of aliphatic hydroxyl groups is 1. The first-order valence-corrected chi connectivity index (χ1v) is 13.7. The zero-order valence-corrected chi connectivity index (χ0v) is 23.6. The average molecular weight is 574 g/mol. The van der Waals surface area contributed by atoms with Gasteiger partial charge in [-0.1, -0.05) is 55.8 Å². The van der Waals surface area contributed by atoms with Crippen LogP contribution in [0.3, 0.4) is 0 Å². The number of anilines is 1. The molecule has 2 aromatic carbocycles. The Balaban J connectivity index is 1.48. The van der Waals surface area contributed by atoms with Crippen molar-refractivity contribution in [2.45, 2.75) is 32.2 Å². The quantitative estimate of drug-likeness (QED) is 0.222. The van der Waals surface area contributed by atoms with Gasteiger partial charge in [0.25, 0.3) is 5.91 Å². The lowest BCUT2D eigenvalue weighted by Gasteiger charge is -2.23. The molecule has 3 aromatic heterocycles. The number of aromatic nitrogens is 2. The molecule has 0 fully saturated rings. The number of Topliss-reactive ketones (excluding diaryl/α,β-unsaturated/α-hetero) is 1. The monoisotopic (exact) mass is 573 g/mol. The van der Waals surface area contributed by atoms with E-state index >= 15 is 0 Å². The Morgan fingerprint density at radius 3 is 2.65 bits per heavy atom. The molecular weight excluding hydrogens is 550 g/mol. The number of furan rings is 1. The van der Waals surface area contributed by atoms with Crippen molar-refractivity contribution in [1.82, 2.24) is 9.97 Å². The molecule has 0 saturated carbocycles. The number of carbonyl (C=O) groups excluding carboxylic acids is 2. The summed E-state index contributed by atoms with van der Waals surface area (Å²) in [5, 5.41) is 12.4. The van der Waals surface area contributed by atoms with Crippen molar-refractivity contribution in [2.24, 2.45) is 0 Å². The van der Waals surface area contributed by atoms with Crippen molar-refractivity contribution in [1.29, 1.82) is 0 Å². The molecule has 4 heterocycles. The number of pyridine rings is 1. The van der Waals surface area contributed by atoms with Gasteiger partial charge in [-0.2, -0.15) is 0 Å². The smallest absolute Gasteiger partial charge is 0.296 e. The summed E-state index contributed by atoms with van der Waals surface area (Å²) >= 11 is 7.51. The van der Waals surface area contributed by atoms with Crippen LogP contribution in [0.4, 0.5) is 5.13 Å². The van der Waals surface area contributed by atoms with E-state index in [1.54, 1.807) is 36.5 Å². The lowest BCUT2D eigenvalue weighted by molar-refractivity contribution is -0.117. The topological polar surface area (TPSA) is 106 Å². The number of amides is 1. The molecule has 0 spiro atoms. The first kappa shape index (κ1) is 26.0. The van der Waals surface area contributed by atoms with Crippen molar-refractivity contribution in [3.8, 4) is 5.75 Å². The second-order valence-corrected chi connectivity index (χ2v) is 11.9. The van der Waals surface area contributed by atoms with Gasteiger partial charge in [0.05, 0.1) is 28.6 Å². The number of ether oxygens (including phenoxy) is 1. The lowest BCUT2D eigenvalue weighted by atomic mass is 9.87. The van der Waals surface area contributed by atoms with Crippen LogP contribution in [0.25, 0.3) is 21.2 Å². The zero-order chi connectivity index (χ0) is 28.3. The number of halogens is 1. The fourth-order valence-electron chi connectivity index (χ4n) is 4.82. The van der Waals surface area contributed by atoms with Crippen molar-refractivity contribution in [3.05, 3.63) is 94.2 Å². The normalized spacial score (nSPS) is 16.0. The first-order valence-electron chi connectivity index (χ1n) is 12.5. The minimum Gasteiger partial charge on any atom is -0.503 e. The number of hydrogen-bond acceptors (Lipinski definition) is 8. The third kappa shape index (κ3) is 4.22. The van der Waals surface area contributed by atoms with Crippen LogP contribution in [-0.4, -0.2) is 33.9 Å². The van der Waals surface area contributed by atoms with Gasteiger partial charge >= 0.3 is 0 Å². The number of rotatable bonds is 5. The van der Waals surface area contributed by atoms with Crippen molar-refractivity contribution in [2.75, 3.05) is 12.0 Å². The second kappa shape index (κ2) is 9.46. The van der Waals surface area contributed by atoms with E-state index in [2.05, 4.69) is 31.8 Å². The van der Waals surface area contributed by atoms with E-state index in [0.29, 0.717) is 38.1 Å². The SMILES string of the molecule is COc1cc(Cl)cc2cc(C(=O)C3=C(O)C(=O)N(c4nc5ccc(C(C)(C)C)cc5s4)C3c3ccccn3)oc12. The Bertz CT molecular complexity index is 1850. The zero-order valence-electron chi connectivity index (χ0n) is 22.1. The number of methoxy groups -OCH3 is 1. The molecule has 0 bridgehead atoms. The summed E-state index contributed by atoms with van der Waals surface area (Å²) in [4.78, 5) is 38.0. The van der Waals surface area contributed by atoms with Gasteiger partial charge in [-0.25, -0.2) is 4.98 Å². The third-order valence-corrected chi connectivity index (χ3v) is 8.10. The van der Waals surface area contributed by atoms with Crippen LogP contribution in [-0.2, 0) is 10.2 Å². The third-order valence-electron chi connectivity index (χ3n) is 6.86. The molecule has 5 aromatic rings. The Morgan fingerprint density at radius 2 is 1.95 bits per heavy atom. The predicted molar refractivity (Wildman–Crippen MR) is 155 cm³/mol. The fraction of sp³-hybridized carbons (Fsp3) is 0.200. The van der Waals surface area contributed by atoms with Gasteiger partial charge in [-0.15, -0.1) is 0 Å². The maximum absolute atomic E-state index is 13.9. The molecule has 1 amide bonds. The molecule has 202 valence electrons. The van der Waals surface area contributed by atoms with E-state index in [0.717, 1.165) is 10.3 Å². The highest BCUT2D eigenvalue weighted by Gasteiger charge is 2.47. The number of fused-ring (bicyclic) bond motifs is 2. The molecule has 10 heteroatoms. The van der Waals surface area contributed by atoms with Crippen LogP contribution in [0.15, 0.2) is 76.5 Å². The summed E-state index contributed by atoms with van der Waals surface area (Å²) in [6, 6.07) is 14.9. The van der Waals surface area contributed by atoms with Crippen LogP contribution in [0.1, 0.15) is 48.6 Å². The molecule has 1 N–H and O–H groups in total. The highest BCUT2D eigenvalue weighted by atomic mass is 35.5. The average Bonchev–Trinajstić information content (AvgIpc) is 3.61. The molecule has 0 aliphatic carbocycles. The van der Waals surface area contributed by atoms with Crippen LogP contribution in [0.5, 0.6) is 5.75 Å². The summed E-state index contributed by atoms with van der Waals surface area (Å²) in [6.45, 7) is 6.37. The van der Waals surface area contributed by atoms with Gasteiger partial charge in [0.1, 0.15) is 6.04 Å². The van der Waals surface area contributed by atoms with E-state index in [4.69, 9.17) is 25.7 Å². The summed E-state index contributed by atoms with van der Waals surface area (Å²) in [5.74, 6) is -1.80. The minimum absolute atomic E-state index is 0.0722. The highest BCUT2D eigenvalue weighted by molar-refractivity contribution is 7.22. The van der Waals surface area contributed by atoms with Gasteiger partial charge in [0.15, 0.2) is 28.0 Å². The van der Waals surface area contributed by atoms with Crippen molar-refractivity contribution < 1.29 is 23.8 Å². The number of aliphatic hydroxyl groups excluding tert-OH is 1. The molecule has 1 aliphatic rings. The number of nitrogens with zero attached hydrogens (tertiary/aromatic N) is 3. The molecule has 0 radical (unpaired) electrons. The standard InChI is InChI=1S/C30H24ClN3O5S/c1-30(2,3)16-8-9-18-22(13-16)40-29(33-18)34-24(19-7-5-6-10-32-19)23(26(36)28(34)37)25(35)20-12-15-11-17(31)14-21(38-4)27(15)39-20/h5-14,24,36H,1-4H3. The molecule has 40 heavy (non-hydrogen) atoms. The molecule has 0 saturated heterocycles. The van der Waals surface area contributed by atoms with Crippen molar-refractivity contribution in [3.63, 3.8) is 0 Å². The molecule has 8 nitrogen and oxygen atoms in total. The van der Waals surface area contributed by atoms with Gasteiger partial charge < -0.3 is 14.3 Å². The van der Waals surface area contributed by atoms with E-state index in [9.17, 15) is 14.7 Å². The number of thiazole rings is 1. The summed E-state index contributed by atoms with van der Waals surface area (Å²) in [5.41, 5.74) is 2.34. The number of carbonyl (C=O) groups is 2. The van der Waals surface area contributed by atoms with E-state index in [-0.39, 0.29) is 16.7 Å². The molecule has 1 unspecified atom stereocenters. The molecule has 1 atom stereocenters. The minimum atomic E-state index is -1.03. The Labute approximate surface area is 238 Å². The maximum Gasteiger partial charge on any atom is 0.296 e. The summed E-state index contributed by atoms with van der Waals surface area (Å²) in [6.07, 6.45) is 1.57. The van der Waals surface area contributed by atoms with Crippen molar-refractivity contribution >= 4 is 60.9 Å². The largest absolute Gasteiger partial charge is 0.503 e. The number of ketones is 1. The fourth-order valence-corrected chi connectivity index (χ4v) is 6.06. The molecule has 6 rings (SSSR count). The predicted octanol–water partition coefficient (Wildman–Crippen LogP) is 7.18. The van der Waals surface area contributed by atoms with Crippen LogP contribution in [0.2, 0.25) is 5.02 Å². The Morgan fingerprint density at radius 1 is 1.15 bits per heavy atom. The van der Waals surface area contributed by atoms with Crippen LogP contribution in [0, 0.1) is 0 Å². The van der Waals surface area contributed by atoms with Crippen LogP contribution >= 0.6 is 22.9 Å². The first-order chi connectivity index (χ1) is 19.1. The second-order valence-electron chi connectivity index (χ2n) is 10.5. The van der Waals surface area contributed by atoms with E-state index in [1.807, 2.05) is 12.1 Å². The number of benzene rings is 2. The Kier molecular flexibility index (Phi) is 6.16. The van der Waals surface area contributed by atoms with Gasteiger partial charge in [0.2, 0.25) is 5.78 Å². The summed E-state index contributed by atoms with van der Waals surface area (Å²) in [7, 11) is 1.47. The lowest BCUT2D eigenvalue weighted by Crippen LogP contribution is -2.31. The maximum atomic E-state index is 13.9. The van der Waals surface area contributed by atoms with Crippen LogP contribution < -0.4 is 9.64 Å². The number of hydrogen-bond donors (Lipinski definition) is 1. The molecular formula is C30H24ClN3O5S. The Hall–Kier alpha value is -4.21.